The standard InChI is InChI=1S/C30H34ClN3O4S/c1-30(2,3)23-14-11-21(12-15-23)28(35)32-24-9-8-10-25(20-24)33-29(36)22-13-16-26(31)27(19-22)39(37,38)34-17-6-4-5-7-18-34/h8-16,19-20H,4-7,17-18H2,1-3H3,(H,32,35)(H,33,36). The van der Waals surface area contributed by atoms with Crippen molar-refractivity contribution in [2.24, 2.45) is 0 Å². The van der Waals surface area contributed by atoms with Crippen molar-refractivity contribution in [3.63, 3.8) is 0 Å². The summed E-state index contributed by atoms with van der Waals surface area (Å²) >= 11 is 6.28. The second-order valence-electron chi connectivity index (χ2n) is 10.8. The molecular weight excluding hydrogens is 534 g/mol. The molecule has 0 bridgehead atoms. The van der Waals surface area contributed by atoms with Gasteiger partial charge in [-0.2, -0.15) is 4.31 Å². The summed E-state index contributed by atoms with van der Waals surface area (Å²) in [6.07, 6.45) is 3.58. The summed E-state index contributed by atoms with van der Waals surface area (Å²) in [7, 11) is -3.83. The van der Waals surface area contributed by atoms with Crippen molar-refractivity contribution < 1.29 is 18.0 Å². The molecule has 0 unspecified atom stereocenters. The molecule has 3 aromatic rings. The molecule has 2 amide bonds. The Morgan fingerprint density at radius 2 is 1.31 bits per heavy atom. The molecule has 1 aliphatic rings. The minimum Gasteiger partial charge on any atom is -0.322 e. The Hall–Kier alpha value is -3.20. The van der Waals surface area contributed by atoms with Crippen LogP contribution < -0.4 is 10.6 Å². The van der Waals surface area contributed by atoms with Crippen molar-refractivity contribution in [3.05, 3.63) is 88.4 Å². The minimum absolute atomic E-state index is 0.0104. The molecule has 1 fully saturated rings. The summed E-state index contributed by atoms with van der Waals surface area (Å²) in [5, 5.41) is 5.72. The third kappa shape index (κ3) is 7.06. The Labute approximate surface area is 235 Å². The molecule has 0 spiro atoms. The molecule has 206 valence electrons. The van der Waals surface area contributed by atoms with E-state index in [4.69, 9.17) is 11.6 Å². The van der Waals surface area contributed by atoms with Crippen LogP contribution in [0, 0.1) is 0 Å². The molecule has 7 nitrogen and oxygen atoms in total. The van der Waals surface area contributed by atoms with E-state index in [1.807, 2.05) is 12.1 Å². The van der Waals surface area contributed by atoms with Gasteiger partial charge in [0.15, 0.2) is 0 Å². The summed E-state index contributed by atoms with van der Waals surface area (Å²) in [4.78, 5) is 25.8. The van der Waals surface area contributed by atoms with Crippen LogP contribution >= 0.6 is 11.6 Å². The van der Waals surface area contributed by atoms with E-state index in [1.54, 1.807) is 36.4 Å². The third-order valence-corrected chi connectivity index (χ3v) is 9.15. The zero-order chi connectivity index (χ0) is 28.2. The number of nitrogens with zero attached hydrogens (tertiary/aromatic N) is 1. The number of benzene rings is 3. The Kier molecular flexibility index (Phi) is 8.79. The average Bonchev–Trinajstić information content (AvgIpc) is 3.19. The number of carbonyl (C=O) groups is 2. The predicted octanol–water partition coefficient (Wildman–Crippen LogP) is 6.71. The van der Waals surface area contributed by atoms with Gasteiger partial charge >= 0.3 is 0 Å². The third-order valence-electron chi connectivity index (χ3n) is 6.77. The van der Waals surface area contributed by atoms with Gasteiger partial charge in [0.2, 0.25) is 10.0 Å². The first-order chi connectivity index (χ1) is 18.4. The number of hydrogen-bond acceptors (Lipinski definition) is 4. The number of amides is 2. The van der Waals surface area contributed by atoms with Crippen LogP contribution in [-0.2, 0) is 15.4 Å². The zero-order valence-corrected chi connectivity index (χ0v) is 24.0. The van der Waals surface area contributed by atoms with E-state index in [0.717, 1.165) is 31.2 Å². The summed E-state index contributed by atoms with van der Waals surface area (Å²) in [6, 6.07) is 18.5. The summed E-state index contributed by atoms with van der Waals surface area (Å²) < 4.78 is 28.0. The van der Waals surface area contributed by atoms with Crippen molar-refractivity contribution in [2.45, 2.75) is 56.8 Å². The van der Waals surface area contributed by atoms with Crippen LogP contribution in [0.3, 0.4) is 0 Å². The first-order valence-corrected chi connectivity index (χ1v) is 14.9. The van der Waals surface area contributed by atoms with E-state index < -0.39 is 15.9 Å². The maximum atomic E-state index is 13.3. The molecule has 0 aliphatic carbocycles. The Morgan fingerprint density at radius 3 is 1.87 bits per heavy atom. The monoisotopic (exact) mass is 567 g/mol. The summed E-state index contributed by atoms with van der Waals surface area (Å²) in [5.74, 6) is -0.750. The maximum absolute atomic E-state index is 13.3. The van der Waals surface area contributed by atoms with Gasteiger partial charge < -0.3 is 10.6 Å². The molecule has 1 aliphatic heterocycles. The molecule has 1 heterocycles. The van der Waals surface area contributed by atoms with Crippen molar-refractivity contribution in [2.75, 3.05) is 23.7 Å². The van der Waals surface area contributed by atoms with Gasteiger partial charge in [-0.25, -0.2) is 8.42 Å². The van der Waals surface area contributed by atoms with Gasteiger partial charge in [0.1, 0.15) is 4.90 Å². The van der Waals surface area contributed by atoms with E-state index in [0.29, 0.717) is 30.0 Å². The molecule has 0 saturated carbocycles. The first kappa shape index (κ1) is 28.8. The van der Waals surface area contributed by atoms with Crippen LogP contribution in [0.2, 0.25) is 5.02 Å². The lowest BCUT2D eigenvalue weighted by atomic mass is 9.87. The van der Waals surface area contributed by atoms with Crippen LogP contribution in [0.4, 0.5) is 11.4 Å². The average molecular weight is 568 g/mol. The van der Waals surface area contributed by atoms with Crippen LogP contribution in [0.15, 0.2) is 71.6 Å². The second kappa shape index (κ2) is 11.9. The summed E-state index contributed by atoms with van der Waals surface area (Å²) in [5.41, 5.74) is 2.78. The van der Waals surface area contributed by atoms with Gasteiger partial charge in [0, 0.05) is 35.6 Å². The van der Waals surface area contributed by atoms with Crippen LogP contribution in [0.25, 0.3) is 0 Å². The van der Waals surface area contributed by atoms with Gasteiger partial charge in [-0.3, -0.25) is 9.59 Å². The number of hydrogen-bond donors (Lipinski definition) is 2. The number of nitrogens with one attached hydrogen (secondary N) is 2. The molecule has 0 atom stereocenters. The molecule has 2 N–H and O–H groups in total. The van der Waals surface area contributed by atoms with Gasteiger partial charge in [0.05, 0.1) is 5.02 Å². The highest BCUT2D eigenvalue weighted by atomic mass is 35.5. The fourth-order valence-corrected chi connectivity index (χ4v) is 6.48. The lowest BCUT2D eigenvalue weighted by Crippen LogP contribution is -2.32. The van der Waals surface area contributed by atoms with Crippen molar-refractivity contribution in [3.8, 4) is 0 Å². The number of anilines is 2. The minimum atomic E-state index is -3.83. The Balaban J connectivity index is 1.47. The Bertz CT molecular complexity index is 1460. The molecule has 3 aromatic carbocycles. The summed E-state index contributed by atoms with van der Waals surface area (Å²) in [6.45, 7) is 7.22. The lowest BCUT2D eigenvalue weighted by Gasteiger charge is -2.21. The molecule has 0 aromatic heterocycles. The fraction of sp³-hybridized carbons (Fsp3) is 0.333. The molecule has 39 heavy (non-hydrogen) atoms. The van der Waals surface area contributed by atoms with Crippen molar-refractivity contribution in [1.82, 2.24) is 4.31 Å². The largest absolute Gasteiger partial charge is 0.322 e. The molecule has 4 rings (SSSR count). The quantitative estimate of drug-likeness (QED) is 0.346. The maximum Gasteiger partial charge on any atom is 0.255 e. The molecule has 1 saturated heterocycles. The van der Waals surface area contributed by atoms with Crippen LogP contribution in [-0.4, -0.2) is 37.6 Å². The molecular formula is C30H34ClN3O4S. The highest BCUT2D eigenvalue weighted by Gasteiger charge is 2.28. The normalized spacial score (nSPS) is 14.9. The molecule has 0 radical (unpaired) electrons. The molecule has 9 heteroatoms. The highest BCUT2D eigenvalue weighted by Crippen LogP contribution is 2.28. The van der Waals surface area contributed by atoms with Gasteiger partial charge in [-0.1, -0.05) is 63.4 Å². The highest BCUT2D eigenvalue weighted by molar-refractivity contribution is 7.89. The van der Waals surface area contributed by atoms with E-state index in [2.05, 4.69) is 31.4 Å². The van der Waals surface area contributed by atoms with Gasteiger partial charge in [0.25, 0.3) is 11.8 Å². The van der Waals surface area contributed by atoms with E-state index >= 15 is 0 Å². The van der Waals surface area contributed by atoms with Crippen LogP contribution in [0.5, 0.6) is 0 Å². The second-order valence-corrected chi connectivity index (χ2v) is 13.1. The fourth-order valence-electron chi connectivity index (χ4n) is 4.47. The SMILES string of the molecule is CC(C)(C)c1ccc(C(=O)Nc2cccc(NC(=O)c3ccc(Cl)c(S(=O)(=O)N4CCCCCC4)c3)c2)cc1. The van der Waals surface area contributed by atoms with Crippen LogP contribution in [0.1, 0.15) is 72.7 Å². The Morgan fingerprint density at radius 1 is 0.769 bits per heavy atom. The van der Waals surface area contributed by atoms with Gasteiger partial charge in [-0.05, 0) is 72.4 Å². The lowest BCUT2D eigenvalue weighted by molar-refractivity contribution is 0.101. The van der Waals surface area contributed by atoms with E-state index in [-0.39, 0.29) is 26.8 Å². The van der Waals surface area contributed by atoms with E-state index in [9.17, 15) is 18.0 Å². The van der Waals surface area contributed by atoms with Crippen molar-refractivity contribution in [1.29, 1.82) is 0 Å². The topological polar surface area (TPSA) is 95.6 Å². The van der Waals surface area contributed by atoms with Gasteiger partial charge in [-0.15, -0.1) is 0 Å². The predicted molar refractivity (Wildman–Crippen MR) is 156 cm³/mol. The van der Waals surface area contributed by atoms with Crippen molar-refractivity contribution >= 4 is 44.8 Å². The number of rotatable bonds is 6. The number of carbonyl (C=O) groups excluding carboxylic acids is 2. The number of sulfonamides is 1. The van der Waals surface area contributed by atoms with E-state index in [1.165, 1.54) is 22.5 Å². The zero-order valence-electron chi connectivity index (χ0n) is 22.5. The number of halogens is 1. The first-order valence-electron chi connectivity index (χ1n) is 13.1. The smallest absolute Gasteiger partial charge is 0.255 e.